The van der Waals surface area contributed by atoms with Crippen molar-refractivity contribution in [3.8, 4) is 0 Å². The second kappa shape index (κ2) is 5.99. The molecule has 0 radical (unpaired) electrons. The predicted octanol–water partition coefficient (Wildman–Crippen LogP) is 4.01. The lowest BCUT2D eigenvalue weighted by atomic mass is 10.3. The minimum absolute atomic E-state index is 0.281. The Morgan fingerprint density at radius 2 is 1.37 bits per heavy atom. The zero-order valence-electron chi connectivity index (χ0n) is 10.9. The van der Waals surface area contributed by atoms with E-state index in [0.717, 1.165) is 12.6 Å². The van der Waals surface area contributed by atoms with Gasteiger partial charge >= 0.3 is 0 Å². The fourth-order valence-corrected chi connectivity index (χ4v) is 4.68. The first-order valence-corrected chi connectivity index (χ1v) is 8.19. The smallest absolute Gasteiger partial charge is 0.000427 e. The molecule has 0 N–H and O–H groups in total. The maximum absolute atomic E-state index is 2.35. The van der Waals surface area contributed by atoms with Gasteiger partial charge < -0.3 is 0 Å². The van der Waals surface area contributed by atoms with Crippen LogP contribution in [0.25, 0.3) is 0 Å². The average molecular weight is 264 g/mol. The Bertz CT molecular complexity index is 542. The number of benzene rings is 2. The minimum Gasteiger partial charge on any atom is -0.0805 e. The maximum Gasteiger partial charge on any atom is 0.000427 e. The molecule has 2 aromatic carbocycles. The number of allylic oxidation sites excluding steroid dienone is 4. The van der Waals surface area contributed by atoms with E-state index in [1.807, 2.05) is 0 Å². The predicted molar refractivity (Wildman–Crippen MR) is 85.8 cm³/mol. The summed E-state index contributed by atoms with van der Waals surface area (Å²) in [5.41, 5.74) is 1.49. The van der Waals surface area contributed by atoms with E-state index < -0.39 is 0 Å². The third-order valence-electron chi connectivity index (χ3n) is 3.32. The van der Waals surface area contributed by atoms with Gasteiger partial charge in [0, 0.05) is 6.16 Å². The van der Waals surface area contributed by atoms with Crippen LogP contribution in [0.5, 0.6) is 0 Å². The highest BCUT2D eigenvalue weighted by Gasteiger charge is 2.15. The van der Waals surface area contributed by atoms with Crippen molar-refractivity contribution < 1.29 is 0 Å². The zero-order chi connectivity index (χ0) is 12.9. The van der Waals surface area contributed by atoms with Crippen molar-refractivity contribution >= 4 is 18.5 Å². The molecule has 2 aromatic rings. The van der Waals surface area contributed by atoms with E-state index in [0.29, 0.717) is 0 Å². The molecule has 0 saturated carbocycles. The molecule has 0 atom stereocenters. The average Bonchev–Trinajstić information content (AvgIpc) is 3.00. The molecule has 0 unspecified atom stereocenters. The highest BCUT2D eigenvalue weighted by atomic mass is 31.1. The Morgan fingerprint density at radius 3 is 1.84 bits per heavy atom. The van der Waals surface area contributed by atoms with Gasteiger partial charge in [0.25, 0.3) is 0 Å². The van der Waals surface area contributed by atoms with Crippen molar-refractivity contribution in [1.29, 1.82) is 0 Å². The monoisotopic (exact) mass is 264 g/mol. The molecule has 19 heavy (non-hydrogen) atoms. The van der Waals surface area contributed by atoms with Crippen LogP contribution in [0.15, 0.2) is 84.5 Å². The Morgan fingerprint density at radius 1 is 0.789 bits per heavy atom. The third-order valence-corrected chi connectivity index (χ3v) is 5.85. The van der Waals surface area contributed by atoms with E-state index in [4.69, 9.17) is 0 Å². The lowest BCUT2D eigenvalue weighted by Gasteiger charge is -2.18. The van der Waals surface area contributed by atoms with Crippen LogP contribution in [-0.4, -0.2) is 6.16 Å². The van der Waals surface area contributed by atoms with Crippen LogP contribution in [0.1, 0.15) is 6.42 Å². The normalized spacial score (nSPS) is 13.8. The fraction of sp³-hybridized carbons (Fsp3) is 0.111. The molecule has 1 heteroatoms. The van der Waals surface area contributed by atoms with Crippen molar-refractivity contribution in [2.24, 2.45) is 0 Å². The summed E-state index contributed by atoms with van der Waals surface area (Å²) >= 11 is 0. The van der Waals surface area contributed by atoms with Gasteiger partial charge in [0.15, 0.2) is 0 Å². The van der Waals surface area contributed by atoms with Crippen molar-refractivity contribution in [3.05, 3.63) is 84.5 Å². The molecule has 1 aliphatic carbocycles. The molecule has 0 spiro atoms. The number of hydrogen-bond acceptors (Lipinski definition) is 0. The topological polar surface area (TPSA) is 0 Å². The minimum atomic E-state index is -0.281. The van der Waals surface area contributed by atoms with E-state index in [1.165, 1.54) is 16.2 Å². The molecule has 0 fully saturated rings. The number of hydrogen-bond donors (Lipinski definition) is 0. The van der Waals surface area contributed by atoms with E-state index in [1.54, 1.807) is 0 Å². The molecular formula is C18H17P. The maximum atomic E-state index is 2.35. The highest BCUT2D eigenvalue weighted by molar-refractivity contribution is 7.73. The molecule has 0 aromatic heterocycles. The zero-order valence-corrected chi connectivity index (χ0v) is 11.8. The van der Waals surface area contributed by atoms with Crippen LogP contribution in [0.4, 0.5) is 0 Å². The Kier molecular flexibility index (Phi) is 3.91. The highest BCUT2D eigenvalue weighted by Crippen LogP contribution is 2.36. The number of rotatable bonds is 4. The molecule has 0 saturated heterocycles. The summed E-state index contributed by atoms with van der Waals surface area (Å²) in [6.45, 7) is 0. The van der Waals surface area contributed by atoms with Crippen molar-refractivity contribution in [2.45, 2.75) is 6.42 Å². The second-order valence-electron chi connectivity index (χ2n) is 4.67. The lowest BCUT2D eigenvalue weighted by Crippen LogP contribution is -2.14. The van der Waals surface area contributed by atoms with Crippen molar-refractivity contribution in [1.82, 2.24) is 0 Å². The molecule has 0 aliphatic heterocycles. The van der Waals surface area contributed by atoms with Gasteiger partial charge in [-0.2, -0.15) is 0 Å². The van der Waals surface area contributed by atoms with Crippen LogP contribution in [0.2, 0.25) is 0 Å². The summed E-state index contributed by atoms with van der Waals surface area (Å²) in [5, 5.41) is 2.93. The van der Waals surface area contributed by atoms with E-state index in [-0.39, 0.29) is 7.92 Å². The van der Waals surface area contributed by atoms with Crippen LogP contribution < -0.4 is 10.6 Å². The van der Waals surface area contributed by atoms with Gasteiger partial charge in [-0.15, -0.1) is 0 Å². The van der Waals surface area contributed by atoms with E-state index >= 15 is 0 Å². The Hall–Kier alpha value is -1.65. The van der Waals surface area contributed by atoms with E-state index in [9.17, 15) is 0 Å². The van der Waals surface area contributed by atoms with Gasteiger partial charge in [-0.05, 0) is 30.5 Å². The molecule has 0 nitrogen and oxygen atoms in total. The third kappa shape index (κ3) is 3.03. The first-order valence-electron chi connectivity index (χ1n) is 6.67. The molecule has 3 rings (SSSR count). The summed E-state index contributed by atoms with van der Waals surface area (Å²) in [7, 11) is -0.281. The van der Waals surface area contributed by atoms with Crippen molar-refractivity contribution in [3.63, 3.8) is 0 Å². The molecule has 94 valence electrons. The fourth-order valence-electron chi connectivity index (χ4n) is 2.35. The van der Waals surface area contributed by atoms with Gasteiger partial charge in [-0.25, -0.2) is 0 Å². The summed E-state index contributed by atoms with van der Waals surface area (Å²) < 4.78 is 0. The Labute approximate surface area is 116 Å². The van der Waals surface area contributed by atoms with Crippen LogP contribution in [0.3, 0.4) is 0 Å². The Balaban J connectivity index is 1.94. The van der Waals surface area contributed by atoms with Crippen LogP contribution in [0, 0.1) is 0 Å². The summed E-state index contributed by atoms with van der Waals surface area (Å²) in [5.74, 6) is 0. The van der Waals surface area contributed by atoms with Gasteiger partial charge in [0.1, 0.15) is 0 Å². The SMILES string of the molecule is C1=CC(CP(c2ccccc2)c2ccccc2)=CC1. The lowest BCUT2D eigenvalue weighted by molar-refractivity contribution is 1.42. The van der Waals surface area contributed by atoms with Gasteiger partial charge in [0.05, 0.1) is 0 Å². The summed E-state index contributed by atoms with van der Waals surface area (Å²) in [6, 6.07) is 21.8. The van der Waals surface area contributed by atoms with Gasteiger partial charge in [0.2, 0.25) is 0 Å². The first kappa shape index (κ1) is 12.4. The van der Waals surface area contributed by atoms with Crippen LogP contribution >= 0.6 is 7.92 Å². The largest absolute Gasteiger partial charge is 0.0805 e. The molecule has 1 aliphatic rings. The summed E-state index contributed by atoms with van der Waals surface area (Å²) in [6.07, 6.45) is 9.13. The van der Waals surface area contributed by atoms with Crippen LogP contribution in [-0.2, 0) is 0 Å². The first-order chi connectivity index (χ1) is 9.43. The van der Waals surface area contributed by atoms with E-state index in [2.05, 4.69) is 78.9 Å². The molecular weight excluding hydrogens is 247 g/mol. The molecule has 0 bridgehead atoms. The molecule has 0 heterocycles. The quantitative estimate of drug-likeness (QED) is 0.732. The van der Waals surface area contributed by atoms with Gasteiger partial charge in [-0.3, -0.25) is 0 Å². The summed E-state index contributed by atoms with van der Waals surface area (Å²) in [4.78, 5) is 0. The molecule has 0 amide bonds. The standard InChI is InChI=1S/C18H17P/c1-3-11-17(12-4-1)19(15-16-9-7-8-10-16)18-13-5-2-6-14-18/h1-7,9-14H,8,15H2. The van der Waals surface area contributed by atoms with Crippen molar-refractivity contribution in [2.75, 3.05) is 6.16 Å². The van der Waals surface area contributed by atoms with Gasteiger partial charge in [-0.1, -0.05) is 78.9 Å². The second-order valence-corrected chi connectivity index (χ2v) is 6.88.